The Labute approximate surface area is 117 Å². The van der Waals surface area contributed by atoms with Gasteiger partial charge in [0, 0.05) is 25.7 Å². The minimum atomic E-state index is 0.275. The Morgan fingerprint density at radius 2 is 1.74 bits per heavy atom. The van der Waals surface area contributed by atoms with E-state index in [0.717, 1.165) is 24.5 Å². The molecule has 1 saturated carbocycles. The Kier molecular flexibility index (Phi) is 3.33. The molecule has 3 heteroatoms. The van der Waals surface area contributed by atoms with E-state index in [1.165, 1.54) is 71.1 Å². The van der Waals surface area contributed by atoms with Crippen LogP contribution in [0.15, 0.2) is 0 Å². The van der Waals surface area contributed by atoms with Crippen LogP contribution in [0.3, 0.4) is 0 Å². The molecule has 3 heterocycles. The smallest absolute Gasteiger partial charge is 0.0697 e. The molecule has 19 heavy (non-hydrogen) atoms. The highest BCUT2D eigenvalue weighted by Crippen LogP contribution is 2.41. The molecule has 3 atom stereocenters. The fourth-order valence-electron chi connectivity index (χ4n) is 5.05. The number of fused-ring (bicyclic) bond motifs is 1. The van der Waals surface area contributed by atoms with E-state index in [2.05, 4.69) is 10.2 Å². The molecule has 3 unspecified atom stereocenters. The first kappa shape index (κ1) is 12.6. The summed E-state index contributed by atoms with van der Waals surface area (Å²) in [5.41, 5.74) is 0.275. The van der Waals surface area contributed by atoms with Crippen molar-refractivity contribution in [1.29, 1.82) is 0 Å². The quantitative estimate of drug-likeness (QED) is 0.784. The molecule has 0 aromatic carbocycles. The van der Waals surface area contributed by atoms with Crippen molar-refractivity contribution >= 4 is 0 Å². The molecule has 0 amide bonds. The van der Waals surface area contributed by atoms with Gasteiger partial charge in [0.15, 0.2) is 0 Å². The van der Waals surface area contributed by atoms with Crippen molar-refractivity contribution in [2.24, 2.45) is 11.8 Å². The largest absolute Gasteiger partial charge is 0.375 e. The number of hydrogen-bond acceptors (Lipinski definition) is 3. The Bertz CT molecular complexity index is 309. The standard InChI is InChI=1S/C16H28N2O/c1-2-5-16(6-3-1)8-15(4-7-19-16)18-11-13-9-17-10-14(13)12-18/h13-15,17H,1-12H2. The molecule has 1 spiro atoms. The minimum absolute atomic E-state index is 0.275. The number of nitrogens with zero attached hydrogens (tertiary/aromatic N) is 1. The third-order valence-electron chi connectivity index (χ3n) is 6.17. The average molecular weight is 264 g/mol. The van der Waals surface area contributed by atoms with E-state index in [0.29, 0.717) is 0 Å². The van der Waals surface area contributed by atoms with Crippen molar-refractivity contribution in [2.45, 2.75) is 56.6 Å². The van der Waals surface area contributed by atoms with Crippen molar-refractivity contribution in [3.05, 3.63) is 0 Å². The SMILES string of the molecule is C1CCC2(CC1)CC(N1CC3CNCC3C1)CCO2. The topological polar surface area (TPSA) is 24.5 Å². The van der Waals surface area contributed by atoms with Crippen LogP contribution in [0.5, 0.6) is 0 Å². The Hall–Kier alpha value is -0.120. The Morgan fingerprint density at radius 3 is 2.47 bits per heavy atom. The lowest BCUT2D eigenvalue weighted by atomic mass is 9.78. The lowest BCUT2D eigenvalue weighted by Gasteiger charge is -2.46. The Morgan fingerprint density at radius 1 is 1.00 bits per heavy atom. The fraction of sp³-hybridized carbons (Fsp3) is 1.00. The van der Waals surface area contributed by atoms with Crippen LogP contribution >= 0.6 is 0 Å². The van der Waals surface area contributed by atoms with Gasteiger partial charge in [0.25, 0.3) is 0 Å². The maximum absolute atomic E-state index is 6.25. The molecule has 3 saturated heterocycles. The highest BCUT2D eigenvalue weighted by atomic mass is 16.5. The number of likely N-dealkylation sites (tertiary alicyclic amines) is 1. The highest BCUT2D eigenvalue weighted by molar-refractivity contribution is 4.98. The van der Waals surface area contributed by atoms with Crippen molar-refractivity contribution in [3.63, 3.8) is 0 Å². The Balaban J connectivity index is 1.41. The summed E-state index contributed by atoms with van der Waals surface area (Å²) in [7, 11) is 0. The van der Waals surface area contributed by atoms with Gasteiger partial charge < -0.3 is 10.1 Å². The molecule has 1 aliphatic carbocycles. The van der Waals surface area contributed by atoms with E-state index in [-0.39, 0.29) is 5.60 Å². The fourth-order valence-corrected chi connectivity index (χ4v) is 5.05. The zero-order valence-corrected chi connectivity index (χ0v) is 12.1. The normalized spacial score (nSPS) is 42.6. The molecular weight excluding hydrogens is 236 g/mol. The summed E-state index contributed by atoms with van der Waals surface area (Å²) in [5.74, 6) is 1.87. The van der Waals surface area contributed by atoms with Crippen LogP contribution in [0.4, 0.5) is 0 Å². The maximum Gasteiger partial charge on any atom is 0.0697 e. The van der Waals surface area contributed by atoms with Crippen molar-refractivity contribution < 1.29 is 4.74 Å². The van der Waals surface area contributed by atoms with Gasteiger partial charge in [-0.25, -0.2) is 0 Å². The molecule has 0 aromatic rings. The third kappa shape index (κ3) is 2.34. The highest BCUT2D eigenvalue weighted by Gasteiger charge is 2.44. The predicted octanol–water partition coefficient (Wildman–Crippen LogP) is 2.02. The summed E-state index contributed by atoms with van der Waals surface area (Å²) in [5, 5.41) is 3.55. The van der Waals surface area contributed by atoms with E-state index in [1.54, 1.807) is 0 Å². The second kappa shape index (κ2) is 5.01. The summed E-state index contributed by atoms with van der Waals surface area (Å²) in [6.45, 7) is 6.22. The summed E-state index contributed by atoms with van der Waals surface area (Å²) >= 11 is 0. The zero-order valence-electron chi connectivity index (χ0n) is 12.1. The summed E-state index contributed by atoms with van der Waals surface area (Å²) in [4.78, 5) is 2.81. The first-order valence-electron chi connectivity index (χ1n) is 8.43. The van der Waals surface area contributed by atoms with Gasteiger partial charge in [-0.3, -0.25) is 4.90 Å². The second-order valence-corrected chi connectivity index (χ2v) is 7.37. The number of nitrogens with one attached hydrogen (secondary N) is 1. The molecule has 3 nitrogen and oxygen atoms in total. The molecule has 108 valence electrons. The second-order valence-electron chi connectivity index (χ2n) is 7.37. The van der Waals surface area contributed by atoms with E-state index >= 15 is 0 Å². The molecule has 1 N–H and O–H groups in total. The monoisotopic (exact) mass is 264 g/mol. The van der Waals surface area contributed by atoms with Crippen LogP contribution < -0.4 is 5.32 Å². The summed E-state index contributed by atoms with van der Waals surface area (Å²) < 4.78 is 6.25. The van der Waals surface area contributed by atoms with E-state index in [4.69, 9.17) is 4.74 Å². The lowest BCUT2D eigenvalue weighted by molar-refractivity contribution is -0.122. The average Bonchev–Trinajstić information content (AvgIpc) is 3.00. The maximum atomic E-state index is 6.25. The van der Waals surface area contributed by atoms with Crippen LogP contribution in [-0.2, 0) is 4.74 Å². The van der Waals surface area contributed by atoms with Crippen LogP contribution in [0, 0.1) is 11.8 Å². The van der Waals surface area contributed by atoms with Gasteiger partial charge in [0.2, 0.25) is 0 Å². The molecule has 4 aliphatic rings. The van der Waals surface area contributed by atoms with E-state index < -0.39 is 0 Å². The zero-order chi connectivity index (χ0) is 12.7. The van der Waals surface area contributed by atoms with E-state index in [9.17, 15) is 0 Å². The van der Waals surface area contributed by atoms with Gasteiger partial charge in [-0.05, 0) is 50.6 Å². The van der Waals surface area contributed by atoms with Crippen molar-refractivity contribution in [1.82, 2.24) is 10.2 Å². The molecular formula is C16H28N2O. The molecule has 0 bridgehead atoms. The number of hydrogen-bond donors (Lipinski definition) is 1. The van der Waals surface area contributed by atoms with Crippen molar-refractivity contribution in [2.75, 3.05) is 32.8 Å². The summed E-state index contributed by atoms with van der Waals surface area (Å²) in [6, 6.07) is 0.817. The first-order valence-corrected chi connectivity index (χ1v) is 8.43. The van der Waals surface area contributed by atoms with Crippen LogP contribution in [0.1, 0.15) is 44.9 Å². The van der Waals surface area contributed by atoms with E-state index in [1.807, 2.05) is 0 Å². The first-order chi connectivity index (χ1) is 9.35. The molecule has 0 radical (unpaired) electrons. The van der Waals surface area contributed by atoms with Gasteiger partial charge in [0.1, 0.15) is 0 Å². The molecule has 3 aliphatic heterocycles. The molecule has 4 rings (SSSR count). The summed E-state index contributed by atoms with van der Waals surface area (Å²) in [6.07, 6.45) is 9.45. The lowest BCUT2D eigenvalue weighted by Crippen LogP contribution is -2.49. The molecule has 0 aromatic heterocycles. The van der Waals surface area contributed by atoms with Gasteiger partial charge in [-0.15, -0.1) is 0 Å². The molecule has 4 fully saturated rings. The van der Waals surface area contributed by atoms with Gasteiger partial charge in [-0.2, -0.15) is 0 Å². The van der Waals surface area contributed by atoms with Gasteiger partial charge in [-0.1, -0.05) is 19.3 Å². The van der Waals surface area contributed by atoms with Gasteiger partial charge in [0.05, 0.1) is 5.60 Å². The number of ether oxygens (including phenoxy) is 1. The van der Waals surface area contributed by atoms with Crippen LogP contribution in [0.25, 0.3) is 0 Å². The van der Waals surface area contributed by atoms with Crippen molar-refractivity contribution in [3.8, 4) is 0 Å². The predicted molar refractivity (Wildman–Crippen MR) is 76.2 cm³/mol. The van der Waals surface area contributed by atoms with Crippen LogP contribution in [-0.4, -0.2) is 49.3 Å². The van der Waals surface area contributed by atoms with Crippen LogP contribution in [0.2, 0.25) is 0 Å². The van der Waals surface area contributed by atoms with Gasteiger partial charge >= 0.3 is 0 Å². The third-order valence-corrected chi connectivity index (χ3v) is 6.17. The number of rotatable bonds is 1. The minimum Gasteiger partial charge on any atom is -0.375 e.